The molecule has 2 aliphatic rings. The van der Waals surface area contributed by atoms with Gasteiger partial charge in [-0.2, -0.15) is 0 Å². The summed E-state index contributed by atoms with van der Waals surface area (Å²) in [4.78, 5) is 9.91. The van der Waals surface area contributed by atoms with Crippen molar-refractivity contribution in [1.82, 2.24) is 0 Å². The zero-order valence-electron chi connectivity index (χ0n) is 19.0. The first-order valence-corrected chi connectivity index (χ1v) is 14.0. The van der Waals surface area contributed by atoms with E-state index >= 15 is 0 Å². The highest BCUT2D eigenvalue weighted by atomic mass is 31.2. The fourth-order valence-electron chi connectivity index (χ4n) is 5.04. The smallest absolute Gasteiger partial charge is 0.198 e. The van der Waals surface area contributed by atoms with E-state index in [1.165, 1.54) is 12.7 Å². The first-order chi connectivity index (χ1) is 15.3. The summed E-state index contributed by atoms with van der Waals surface area (Å²) in [5.41, 5.74) is 1.87. The predicted molar refractivity (Wildman–Crippen MR) is 126 cm³/mol. The lowest BCUT2D eigenvalue weighted by atomic mass is 9.79. The second-order valence-electron chi connectivity index (χ2n) is 9.67. The van der Waals surface area contributed by atoms with Gasteiger partial charge in [-0.05, 0) is 104 Å². The molecule has 0 radical (unpaired) electrons. The Bertz CT molecular complexity index is 960. The average molecular weight is 461 g/mol. The van der Waals surface area contributed by atoms with Gasteiger partial charge in [-0.1, -0.05) is 12.1 Å². The van der Waals surface area contributed by atoms with E-state index in [1.54, 1.807) is 13.2 Å². The van der Waals surface area contributed by atoms with Crippen LogP contribution < -0.4 is 9.47 Å². The summed E-state index contributed by atoms with van der Waals surface area (Å²) in [6.07, 6.45) is 6.52. The molecule has 2 aliphatic carbocycles. The van der Waals surface area contributed by atoms with E-state index < -0.39 is 7.37 Å². The van der Waals surface area contributed by atoms with Crippen LogP contribution in [0.15, 0.2) is 42.5 Å². The lowest BCUT2D eigenvalue weighted by Gasteiger charge is -2.29. The molecule has 6 heteroatoms. The van der Waals surface area contributed by atoms with Crippen LogP contribution in [0.4, 0.5) is 4.39 Å². The van der Waals surface area contributed by atoms with Crippen molar-refractivity contribution in [3.63, 3.8) is 0 Å². The lowest BCUT2D eigenvalue weighted by molar-refractivity contribution is 0.199. The molecule has 0 spiro atoms. The van der Waals surface area contributed by atoms with Crippen LogP contribution in [0.2, 0.25) is 0 Å². The number of halogens is 1. The van der Waals surface area contributed by atoms with Crippen molar-refractivity contribution in [2.45, 2.75) is 50.4 Å². The van der Waals surface area contributed by atoms with Gasteiger partial charge in [-0.15, -0.1) is 0 Å². The molecule has 0 bridgehead atoms. The summed E-state index contributed by atoms with van der Waals surface area (Å²) < 4.78 is 37.7. The van der Waals surface area contributed by atoms with Gasteiger partial charge in [-0.3, -0.25) is 4.57 Å². The summed E-state index contributed by atoms with van der Waals surface area (Å²) >= 11 is 0. The summed E-state index contributed by atoms with van der Waals surface area (Å²) in [7, 11) is -1.46. The Hall–Kier alpha value is -1.84. The van der Waals surface area contributed by atoms with Gasteiger partial charge in [0.1, 0.15) is 17.3 Å². The van der Waals surface area contributed by atoms with Gasteiger partial charge in [0.2, 0.25) is 0 Å². The average Bonchev–Trinajstić information content (AvgIpc) is 3.62. The topological polar surface area (TPSA) is 55.8 Å². The minimum atomic E-state index is -3.07. The normalized spacial score (nSPS) is 23.9. The highest BCUT2D eigenvalue weighted by molar-refractivity contribution is 7.57. The monoisotopic (exact) mass is 460 g/mol. The fraction of sp³-hybridized carbons (Fsp3) is 0.538. The van der Waals surface area contributed by atoms with Crippen LogP contribution in [0.1, 0.15) is 61.5 Å². The van der Waals surface area contributed by atoms with Crippen molar-refractivity contribution in [3.05, 3.63) is 59.4 Å². The van der Waals surface area contributed by atoms with Gasteiger partial charge in [-0.25, -0.2) is 4.39 Å². The Kier molecular flexibility index (Phi) is 7.27. The molecule has 4 rings (SSSR count). The molecule has 32 heavy (non-hydrogen) atoms. The van der Waals surface area contributed by atoms with E-state index in [4.69, 9.17) is 9.47 Å². The van der Waals surface area contributed by atoms with Gasteiger partial charge >= 0.3 is 0 Å². The zero-order chi connectivity index (χ0) is 22.7. The van der Waals surface area contributed by atoms with E-state index in [0.29, 0.717) is 30.4 Å². The van der Waals surface area contributed by atoms with Gasteiger partial charge in [0.15, 0.2) is 7.37 Å². The molecule has 0 saturated heterocycles. The first kappa shape index (κ1) is 23.3. The lowest BCUT2D eigenvalue weighted by Crippen LogP contribution is -2.20. The van der Waals surface area contributed by atoms with Crippen LogP contribution in [0.5, 0.6) is 11.5 Å². The third-order valence-corrected chi connectivity index (χ3v) is 8.06. The molecule has 2 fully saturated rings. The number of ether oxygens (including phenoxy) is 2. The molecule has 2 unspecified atom stereocenters. The maximum absolute atomic E-state index is 14.3. The third-order valence-electron chi connectivity index (χ3n) is 6.99. The van der Waals surface area contributed by atoms with E-state index in [-0.39, 0.29) is 17.7 Å². The maximum Gasteiger partial charge on any atom is 0.198 e. The number of methoxy groups -OCH3 is 1. The first-order valence-electron chi connectivity index (χ1n) is 11.7. The summed E-state index contributed by atoms with van der Waals surface area (Å²) in [5, 5.41) is 0. The molecule has 2 aromatic carbocycles. The SMILES string of the molecule is COc1ccc(F)c([C@H]2CC[C@H](COc3cccc(C(CP(C)(=O)O)C4CC4)c3)CC2)c1. The fourth-order valence-corrected chi connectivity index (χ4v) is 6.28. The van der Waals surface area contributed by atoms with Gasteiger partial charge in [0.25, 0.3) is 0 Å². The second-order valence-corrected chi connectivity index (χ2v) is 12.1. The zero-order valence-corrected chi connectivity index (χ0v) is 19.9. The van der Waals surface area contributed by atoms with E-state index in [9.17, 15) is 13.8 Å². The quantitative estimate of drug-likeness (QED) is 0.430. The molecule has 4 nitrogen and oxygen atoms in total. The Balaban J connectivity index is 1.32. The molecule has 2 atom stereocenters. The largest absolute Gasteiger partial charge is 0.497 e. The highest BCUT2D eigenvalue weighted by Crippen LogP contribution is 2.50. The minimum Gasteiger partial charge on any atom is -0.497 e. The molecular weight excluding hydrogens is 426 g/mol. The van der Waals surface area contributed by atoms with Crippen molar-refractivity contribution < 1.29 is 23.3 Å². The van der Waals surface area contributed by atoms with E-state index in [1.807, 2.05) is 18.2 Å². The third kappa shape index (κ3) is 6.14. The highest BCUT2D eigenvalue weighted by Gasteiger charge is 2.35. The molecular formula is C26H34FO4P. The number of hydrogen-bond acceptors (Lipinski definition) is 3. The molecule has 0 aliphatic heterocycles. The van der Waals surface area contributed by atoms with Crippen molar-refractivity contribution in [1.29, 1.82) is 0 Å². The number of hydrogen-bond donors (Lipinski definition) is 1. The van der Waals surface area contributed by atoms with Crippen LogP contribution in [0.25, 0.3) is 0 Å². The van der Waals surface area contributed by atoms with Crippen LogP contribution >= 0.6 is 7.37 Å². The number of rotatable bonds is 9. The Morgan fingerprint density at radius 2 is 1.81 bits per heavy atom. The molecule has 2 saturated carbocycles. The van der Waals surface area contributed by atoms with Crippen molar-refractivity contribution in [3.8, 4) is 11.5 Å². The molecule has 2 aromatic rings. The molecule has 0 amide bonds. The van der Waals surface area contributed by atoms with Crippen LogP contribution in [0.3, 0.4) is 0 Å². The van der Waals surface area contributed by atoms with Crippen LogP contribution in [-0.2, 0) is 4.57 Å². The van der Waals surface area contributed by atoms with Crippen LogP contribution in [0, 0.1) is 17.7 Å². The Morgan fingerprint density at radius 1 is 1.06 bits per heavy atom. The van der Waals surface area contributed by atoms with Crippen molar-refractivity contribution in [2.75, 3.05) is 26.5 Å². The maximum atomic E-state index is 14.3. The van der Waals surface area contributed by atoms with E-state index in [0.717, 1.165) is 55.4 Å². The minimum absolute atomic E-state index is 0.132. The predicted octanol–water partition coefficient (Wildman–Crippen LogP) is 6.58. The Labute approximate surface area is 190 Å². The van der Waals surface area contributed by atoms with Crippen molar-refractivity contribution >= 4 is 7.37 Å². The summed E-state index contributed by atoms with van der Waals surface area (Å²) in [6, 6.07) is 13.1. The Morgan fingerprint density at radius 3 is 2.47 bits per heavy atom. The standard InChI is InChI=1S/C26H34FO4P/c1-30-22-12-13-26(27)24(15-22)19-8-6-18(7-9-19)16-31-23-5-3-4-21(14-23)25(20-10-11-20)17-32(2,28)29/h3-5,12-15,18-20,25H,6-11,16-17H2,1-2H3,(H,28,29)/t18-,19-,25?. The molecule has 1 N–H and O–H groups in total. The summed E-state index contributed by atoms with van der Waals surface area (Å²) in [5.74, 6) is 2.72. The van der Waals surface area contributed by atoms with Gasteiger partial charge < -0.3 is 14.4 Å². The van der Waals surface area contributed by atoms with E-state index in [2.05, 4.69) is 12.1 Å². The summed E-state index contributed by atoms with van der Waals surface area (Å²) in [6.45, 7) is 2.10. The van der Waals surface area contributed by atoms with Gasteiger partial charge in [0.05, 0.1) is 13.7 Å². The van der Waals surface area contributed by atoms with Crippen LogP contribution in [-0.4, -0.2) is 31.4 Å². The molecule has 174 valence electrons. The second kappa shape index (κ2) is 9.97. The number of benzene rings is 2. The molecule has 0 aromatic heterocycles. The van der Waals surface area contributed by atoms with Gasteiger partial charge in [0, 0.05) is 12.8 Å². The van der Waals surface area contributed by atoms with Crippen molar-refractivity contribution in [2.24, 2.45) is 11.8 Å². The molecule has 0 heterocycles.